The highest BCUT2D eigenvalue weighted by Crippen LogP contribution is 2.32. The van der Waals surface area contributed by atoms with E-state index in [0.29, 0.717) is 21.5 Å². The zero-order valence-electron chi connectivity index (χ0n) is 15.3. The van der Waals surface area contributed by atoms with E-state index in [2.05, 4.69) is 10.3 Å². The molecule has 0 spiro atoms. The smallest absolute Gasteiger partial charge is 0.266 e. The van der Waals surface area contributed by atoms with E-state index in [1.54, 1.807) is 25.7 Å². The van der Waals surface area contributed by atoms with Crippen LogP contribution in [0.3, 0.4) is 0 Å². The van der Waals surface area contributed by atoms with Crippen LogP contribution in [-0.2, 0) is 16.1 Å². The molecule has 2 amide bonds. The summed E-state index contributed by atoms with van der Waals surface area (Å²) in [6.45, 7) is 1.21. The number of hydrogen-bond donors (Lipinski definition) is 1. The van der Waals surface area contributed by atoms with E-state index >= 15 is 0 Å². The standard InChI is InChI=1S/C19H20N4O3S2/c1-26-15-5-2-4-14(10-15)11-16-18(25)23(19(27)28-16)12-17(24)21-6-3-8-22-9-7-20-13-22/h2,4-5,7,9-11,13H,3,6,8,12H2,1H3,(H,21,24)/b16-11-. The predicted octanol–water partition coefficient (Wildman–Crippen LogP) is 2.30. The number of imidazole rings is 1. The largest absolute Gasteiger partial charge is 0.497 e. The molecule has 0 bridgehead atoms. The monoisotopic (exact) mass is 416 g/mol. The first-order valence-electron chi connectivity index (χ1n) is 8.68. The third kappa shape index (κ3) is 5.20. The van der Waals surface area contributed by atoms with Crippen molar-refractivity contribution in [3.8, 4) is 5.75 Å². The zero-order chi connectivity index (χ0) is 19.9. The van der Waals surface area contributed by atoms with Gasteiger partial charge in [-0.2, -0.15) is 0 Å². The number of nitrogens with one attached hydrogen (secondary N) is 1. The number of nitrogens with zero attached hydrogens (tertiary/aromatic N) is 3. The van der Waals surface area contributed by atoms with Crippen molar-refractivity contribution in [2.24, 2.45) is 0 Å². The number of ether oxygens (including phenoxy) is 1. The molecule has 0 unspecified atom stereocenters. The number of hydrogen-bond acceptors (Lipinski definition) is 6. The van der Waals surface area contributed by atoms with Gasteiger partial charge in [-0.1, -0.05) is 36.1 Å². The van der Waals surface area contributed by atoms with Gasteiger partial charge in [0.1, 0.15) is 16.6 Å². The lowest BCUT2D eigenvalue weighted by Crippen LogP contribution is -2.39. The molecule has 2 heterocycles. The third-order valence-electron chi connectivity index (χ3n) is 4.04. The topological polar surface area (TPSA) is 76.5 Å². The fourth-order valence-electron chi connectivity index (χ4n) is 2.63. The maximum atomic E-state index is 12.6. The average Bonchev–Trinajstić information content (AvgIpc) is 3.30. The Morgan fingerprint density at radius 3 is 3.04 bits per heavy atom. The van der Waals surface area contributed by atoms with E-state index in [1.165, 1.54) is 16.7 Å². The van der Waals surface area contributed by atoms with E-state index in [0.717, 1.165) is 18.5 Å². The van der Waals surface area contributed by atoms with Gasteiger partial charge in [0.25, 0.3) is 5.91 Å². The second-order valence-electron chi connectivity index (χ2n) is 6.05. The van der Waals surface area contributed by atoms with Crippen LogP contribution in [0.15, 0.2) is 47.9 Å². The fourth-order valence-corrected chi connectivity index (χ4v) is 3.88. The van der Waals surface area contributed by atoms with Crippen LogP contribution in [0.2, 0.25) is 0 Å². The number of thiocarbonyl (C=S) groups is 1. The molecule has 3 rings (SSSR count). The molecule has 1 N–H and O–H groups in total. The molecule has 146 valence electrons. The number of aromatic nitrogens is 2. The highest BCUT2D eigenvalue weighted by atomic mass is 32.2. The van der Waals surface area contributed by atoms with Crippen LogP contribution in [0, 0.1) is 0 Å². The highest BCUT2D eigenvalue weighted by molar-refractivity contribution is 8.26. The highest BCUT2D eigenvalue weighted by Gasteiger charge is 2.33. The minimum Gasteiger partial charge on any atom is -0.497 e. The van der Waals surface area contributed by atoms with E-state index < -0.39 is 0 Å². The summed E-state index contributed by atoms with van der Waals surface area (Å²) >= 11 is 6.48. The summed E-state index contributed by atoms with van der Waals surface area (Å²) in [5.41, 5.74) is 0.837. The summed E-state index contributed by atoms with van der Waals surface area (Å²) in [6, 6.07) is 7.39. The minimum absolute atomic E-state index is 0.0782. The summed E-state index contributed by atoms with van der Waals surface area (Å²) in [7, 11) is 1.59. The summed E-state index contributed by atoms with van der Waals surface area (Å²) in [5.74, 6) is 0.218. The van der Waals surface area contributed by atoms with Crippen molar-refractivity contribution >= 4 is 46.2 Å². The van der Waals surface area contributed by atoms with E-state index in [-0.39, 0.29) is 18.4 Å². The van der Waals surface area contributed by atoms with Crippen molar-refractivity contribution in [3.05, 3.63) is 53.5 Å². The molecule has 0 atom stereocenters. The van der Waals surface area contributed by atoms with E-state index in [9.17, 15) is 9.59 Å². The van der Waals surface area contributed by atoms with Crippen LogP contribution < -0.4 is 10.1 Å². The van der Waals surface area contributed by atoms with Gasteiger partial charge in [-0.15, -0.1) is 0 Å². The number of carbonyl (C=O) groups excluding carboxylic acids is 2. The van der Waals surface area contributed by atoms with Crippen molar-refractivity contribution in [3.63, 3.8) is 0 Å². The van der Waals surface area contributed by atoms with E-state index in [1.807, 2.05) is 35.0 Å². The SMILES string of the molecule is COc1cccc(/C=C2\SC(=S)N(CC(=O)NCCCn3ccnc3)C2=O)c1. The molecular weight excluding hydrogens is 396 g/mol. The number of aryl methyl sites for hydroxylation is 1. The van der Waals surface area contributed by atoms with Gasteiger partial charge >= 0.3 is 0 Å². The molecule has 28 heavy (non-hydrogen) atoms. The average molecular weight is 417 g/mol. The molecular formula is C19H20N4O3S2. The minimum atomic E-state index is -0.258. The predicted molar refractivity (Wildman–Crippen MR) is 113 cm³/mol. The van der Waals surface area contributed by atoms with Crippen LogP contribution in [0.25, 0.3) is 6.08 Å². The molecule has 0 aliphatic carbocycles. The van der Waals surface area contributed by atoms with Gasteiger partial charge in [-0.05, 0) is 30.2 Å². The molecule has 9 heteroatoms. The van der Waals surface area contributed by atoms with Gasteiger partial charge < -0.3 is 14.6 Å². The number of rotatable bonds is 8. The van der Waals surface area contributed by atoms with Gasteiger partial charge in [0.15, 0.2) is 0 Å². The normalized spacial score (nSPS) is 15.3. The van der Waals surface area contributed by atoms with Crippen LogP contribution in [0.4, 0.5) is 0 Å². The fraction of sp³-hybridized carbons (Fsp3) is 0.263. The molecule has 1 aromatic heterocycles. The van der Waals surface area contributed by atoms with E-state index in [4.69, 9.17) is 17.0 Å². The van der Waals surface area contributed by atoms with Crippen LogP contribution in [0.5, 0.6) is 5.75 Å². The number of amides is 2. The molecule has 0 saturated carbocycles. The second kappa shape index (κ2) is 9.52. The van der Waals surface area contributed by atoms with Crippen LogP contribution in [0.1, 0.15) is 12.0 Å². The number of methoxy groups -OCH3 is 1. The lowest BCUT2D eigenvalue weighted by Gasteiger charge is -2.14. The molecule has 1 aliphatic rings. The van der Waals surface area contributed by atoms with Crippen molar-refractivity contribution in [2.45, 2.75) is 13.0 Å². The Kier molecular flexibility index (Phi) is 6.83. The van der Waals surface area contributed by atoms with Crippen molar-refractivity contribution < 1.29 is 14.3 Å². The van der Waals surface area contributed by atoms with Crippen molar-refractivity contribution in [2.75, 3.05) is 20.2 Å². The Bertz CT molecular complexity index is 896. The van der Waals surface area contributed by atoms with Crippen LogP contribution >= 0.6 is 24.0 Å². The van der Waals surface area contributed by atoms with Crippen molar-refractivity contribution in [1.82, 2.24) is 19.8 Å². The Morgan fingerprint density at radius 2 is 2.29 bits per heavy atom. The molecule has 0 radical (unpaired) electrons. The summed E-state index contributed by atoms with van der Waals surface area (Å²) in [6.07, 6.45) is 7.85. The first-order valence-corrected chi connectivity index (χ1v) is 9.91. The lowest BCUT2D eigenvalue weighted by atomic mass is 10.2. The maximum Gasteiger partial charge on any atom is 0.266 e. The molecule has 1 aliphatic heterocycles. The molecule has 1 saturated heterocycles. The third-order valence-corrected chi connectivity index (χ3v) is 5.42. The summed E-state index contributed by atoms with van der Waals surface area (Å²) in [4.78, 5) is 30.6. The summed E-state index contributed by atoms with van der Waals surface area (Å²) < 4.78 is 7.52. The van der Waals surface area contributed by atoms with Gasteiger partial charge in [0, 0.05) is 25.5 Å². The molecule has 1 fully saturated rings. The Balaban J connectivity index is 1.52. The molecule has 2 aromatic rings. The number of carbonyl (C=O) groups is 2. The van der Waals surface area contributed by atoms with Crippen molar-refractivity contribution in [1.29, 1.82) is 0 Å². The zero-order valence-corrected chi connectivity index (χ0v) is 17.0. The Labute approximate surface area is 172 Å². The van der Waals surface area contributed by atoms with Gasteiger partial charge in [-0.3, -0.25) is 14.5 Å². The van der Waals surface area contributed by atoms with Gasteiger partial charge in [0.2, 0.25) is 5.91 Å². The van der Waals surface area contributed by atoms with Gasteiger partial charge in [-0.25, -0.2) is 4.98 Å². The molecule has 7 nitrogen and oxygen atoms in total. The lowest BCUT2D eigenvalue weighted by molar-refractivity contribution is -0.128. The summed E-state index contributed by atoms with van der Waals surface area (Å²) in [5, 5.41) is 2.82. The Morgan fingerprint density at radius 1 is 1.43 bits per heavy atom. The first kappa shape index (κ1) is 20.1. The Hall–Kier alpha value is -2.65. The number of thioether (sulfide) groups is 1. The molecule has 1 aromatic carbocycles. The maximum absolute atomic E-state index is 12.6. The quantitative estimate of drug-likeness (QED) is 0.404. The van der Waals surface area contributed by atoms with Gasteiger partial charge in [0.05, 0.1) is 18.3 Å². The van der Waals surface area contributed by atoms with Crippen LogP contribution in [-0.4, -0.2) is 50.8 Å². The second-order valence-corrected chi connectivity index (χ2v) is 7.72. The first-order chi connectivity index (χ1) is 13.6. The number of benzene rings is 1.